The van der Waals surface area contributed by atoms with Crippen LogP contribution in [-0.4, -0.2) is 19.3 Å². The minimum absolute atomic E-state index is 0.0362. The lowest BCUT2D eigenvalue weighted by molar-refractivity contribution is 0.0386. The summed E-state index contributed by atoms with van der Waals surface area (Å²) in [4.78, 5) is 11.4. The van der Waals surface area contributed by atoms with Gasteiger partial charge in [-0.2, -0.15) is 0 Å². The predicted molar refractivity (Wildman–Crippen MR) is 73.6 cm³/mol. The van der Waals surface area contributed by atoms with E-state index in [1.165, 1.54) is 6.07 Å². The molecule has 1 fully saturated rings. The largest absolute Gasteiger partial charge is 0.489 e. The van der Waals surface area contributed by atoms with E-state index in [1.807, 2.05) is 13.8 Å². The Morgan fingerprint density at radius 3 is 2.85 bits per heavy atom. The van der Waals surface area contributed by atoms with E-state index >= 15 is 0 Å². The summed E-state index contributed by atoms with van der Waals surface area (Å²) in [6, 6.07) is 2.59. The Kier molecular flexibility index (Phi) is 4.09. The van der Waals surface area contributed by atoms with Crippen molar-refractivity contribution in [3.05, 3.63) is 28.5 Å². The van der Waals surface area contributed by atoms with Gasteiger partial charge in [-0.15, -0.1) is 0 Å². The molecule has 1 saturated heterocycles. The second-order valence-corrected chi connectivity index (χ2v) is 5.80. The van der Waals surface area contributed by atoms with Crippen molar-refractivity contribution in [1.29, 1.82) is 0 Å². The van der Waals surface area contributed by atoms with Crippen LogP contribution in [0.1, 0.15) is 32.4 Å². The summed E-state index contributed by atoms with van der Waals surface area (Å²) < 4.78 is 24.2. The lowest BCUT2D eigenvalue weighted by atomic mass is 9.80. The number of amides is 1. The molecule has 1 amide bonds. The predicted octanol–water partition coefficient (Wildman–Crippen LogP) is 3.68. The molecular weight excluding hydrogens is 285 g/mol. The molecule has 6 heteroatoms. The van der Waals surface area contributed by atoms with E-state index in [2.05, 4.69) is 5.32 Å². The first-order chi connectivity index (χ1) is 9.35. The molecule has 0 aromatic heterocycles. The molecule has 1 atom stereocenters. The lowest BCUT2D eigenvalue weighted by Gasteiger charge is -2.38. The third-order valence-corrected chi connectivity index (χ3v) is 3.54. The van der Waals surface area contributed by atoms with Crippen LogP contribution < -0.4 is 10.1 Å². The SMILES string of the molecule is CCOc1c(F)cc([C@H]2NC(=O)OCC2(C)C)cc1Cl. The first kappa shape index (κ1) is 14.9. The number of nitrogens with one attached hydrogen (secondary N) is 1. The maximum Gasteiger partial charge on any atom is 0.407 e. The van der Waals surface area contributed by atoms with Crippen molar-refractivity contribution in [2.24, 2.45) is 5.41 Å². The third-order valence-electron chi connectivity index (χ3n) is 3.26. The molecule has 1 aliphatic rings. The molecule has 1 aromatic carbocycles. The van der Waals surface area contributed by atoms with Crippen molar-refractivity contribution in [2.45, 2.75) is 26.8 Å². The Morgan fingerprint density at radius 1 is 1.55 bits per heavy atom. The number of hydrogen-bond acceptors (Lipinski definition) is 3. The topological polar surface area (TPSA) is 47.6 Å². The average Bonchev–Trinajstić information content (AvgIpc) is 2.36. The van der Waals surface area contributed by atoms with Crippen LogP contribution in [0, 0.1) is 11.2 Å². The third kappa shape index (κ3) is 2.82. The number of ether oxygens (including phenoxy) is 2. The van der Waals surface area contributed by atoms with Gasteiger partial charge in [0.15, 0.2) is 11.6 Å². The zero-order valence-corrected chi connectivity index (χ0v) is 12.4. The summed E-state index contributed by atoms with van der Waals surface area (Å²) in [5, 5.41) is 2.89. The molecule has 1 N–H and O–H groups in total. The highest BCUT2D eigenvalue weighted by molar-refractivity contribution is 6.32. The van der Waals surface area contributed by atoms with Crippen molar-refractivity contribution in [3.8, 4) is 5.75 Å². The second-order valence-electron chi connectivity index (χ2n) is 5.39. The van der Waals surface area contributed by atoms with E-state index in [0.29, 0.717) is 12.2 Å². The number of hydrogen-bond donors (Lipinski definition) is 1. The molecule has 2 rings (SSSR count). The first-order valence-electron chi connectivity index (χ1n) is 6.40. The van der Waals surface area contributed by atoms with E-state index in [0.717, 1.165) is 0 Å². The number of halogens is 2. The number of carbonyl (C=O) groups excluding carboxylic acids is 1. The van der Waals surface area contributed by atoms with Crippen LogP contribution in [0.15, 0.2) is 12.1 Å². The van der Waals surface area contributed by atoms with E-state index in [1.54, 1.807) is 13.0 Å². The Labute approximate surface area is 122 Å². The highest BCUT2D eigenvalue weighted by Crippen LogP contribution is 2.39. The number of carbonyl (C=O) groups is 1. The number of rotatable bonds is 3. The molecule has 1 aromatic rings. The summed E-state index contributed by atoms with van der Waals surface area (Å²) in [5.41, 5.74) is 0.231. The fraction of sp³-hybridized carbons (Fsp3) is 0.500. The summed E-state index contributed by atoms with van der Waals surface area (Å²) in [6.07, 6.45) is -0.514. The second kappa shape index (κ2) is 5.48. The van der Waals surface area contributed by atoms with Crippen LogP contribution in [0.5, 0.6) is 5.75 Å². The molecule has 110 valence electrons. The minimum Gasteiger partial charge on any atom is -0.489 e. The van der Waals surface area contributed by atoms with Crippen LogP contribution in [0.25, 0.3) is 0 Å². The van der Waals surface area contributed by atoms with Crippen molar-refractivity contribution in [1.82, 2.24) is 5.32 Å². The summed E-state index contributed by atoms with van der Waals surface area (Å²) >= 11 is 6.05. The van der Waals surface area contributed by atoms with Gasteiger partial charge in [-0.3, -0.25) is 0 Å². The number of cyclic esters (lactones) is 1. The molecule has 0 bridgehead atoms. The summed E-state index contributed by atoms with van der Waals surface area (Å²) in [6.45, 7) is 6.20. The Morgan fingerprint density at radius 2 is 2.25 bits per heavy atom. The molecular formula is C14H17ClFNO3. The molecule has 4 nitrogen and oxygen atoms in total. The van der Waals surface area contributed by atoms with E-state index < -0.39 is 11.9 Å². The molecule has 0 radical (unpaired) electrons. The van der Waals surface area contributed by atoms with Crippen LogP contribution >= 0.6 is 11.6 Å². The molecule has 0 aliphatic carbocycles. The van der Waals surface area contributed by atoms with Gasteiger partial charge in [0, 0.05) is 5.41 Å². The van der Waals surface area contributed by atoms with Crippen LogP contribution in [0.3, 0.4) is 0 Å². The maximum atomic E-state index is 14.0. The van der Waals surface area contributed by atoms with E-state index in [4.69, 9.17) is 21.1 Å². The molecule has 0 spiro atoms. The van der Waals surface area contributed by atoms with Gasteiger partial charge in [0.2, 0.25) is 0 Å². The smallest absolute Gasteiger partial charge is 0.407 e. The number of alkyl carbamates (subject to hydrolysis) is 1. The van der Waals surface area contributed by atoms with Gasteiger partial charge < -0.3 is 14.8 Å². The zero-order chi connectivity index (χ0) is 14.9. The molecule has 0 unspecified atom stereocenters. The quantitative estimate of drug-likeness (QED) is 0.926. The van der Waals surface area contributed by atoms with E-state index in [-0.39, 0.29) is 28.8 Å². The highest BCUT2D eigenvalue weighted by atomic mass is 35.5. The summed E-state index contributed by atoms with van der Waals surface area (Å²) in [5.74, 6) is -0.500. The Bertz CT molecular complexity index is 510. The van der Waals surface area contributed by atoms with Gasteiger partial charge in [-0.1, -0.05) is 25.4 Å². The van der Waals surface area contributed by atoms with Crippen LogP contribution in [-0.2, 0) is 4.74 Å². The Balaban J connectivity index is 2.39. The van der Waals surface area contributed by atoms with E-state index in [9.17, 15) is 9.18 Å². The van der Waals surface area contributed by atoms with Crippen LogP contribution in [0.4, 0.5) is 9.18 Å². The van der Waals surface area contributed by atoms with Gasteiger partial charge in [0.1, 0.15) is 6.61 Å². The maximum absolute atomic E-state index is 14.0. The van der Waals surface area contributed by atoms with Crippen molar-refractivity contribution in [2.75, 3.05) is 13.2 Å². The van der Waals surface area contributed by atoms with Gasteiger partial charge in [-0.25, -0.2) is 9.18 Å². The fourth-order valence-corrected chi connectivity index (χ4v) is 2.52. The first-order valence-corrected chi connectivity index (χ1v) is 6.78. The highest BCUT2D eigenvalue weighted by Gasteiger charge is 2.38. The fourth-order valence-electron chi connectivity index (χ4n) is 2.25. The molecule has 20 heavy (non-hydrogen) atoms. The van der Waals surface area contributed by atoms with Crippen LogP contribution in [0.2, 0.25) is 5.02 Å². The van der Waals surface area contributed by atoms with Crippen molar-refractivity contribution >= 4 is 17.7 Å². The van der Waals surface area contributed by atoms with Gasteiger partial charge in [0.05, 0.1) is 17.7 Å². The standard InChI is InChI=1S/C14H17ClFNO3/c1-4-19-11-9(15)5-8(6-10(11)16)12-14(2,3)7-20-13(18)17-12/h5-6,12H,4,7H2,1-3H3,(H,17,18)/t12-/m1/s1. The number of benzene rings is 1. The average molecular weight is 302 g/mol. The monoisotopic (exact) mass is 301 g/mol. The lowest BCUT2D eigenvalue weighted by Crippen LogP contribution is -2.46. The summed E-state index contributed by atoms with van der Waals surface area (Å²) in [7, 11) is 0. The zero-order valence-electron chi connectivity index (χ0n) is 11.6. The van der Waals surface area contributed by atoms with Crippen molar-refractivity contribution < 1.29 is 18.7 Å². The van der Waals surface area contributed by atoms with Crippen molar-refractivity contribution in [3.63, 3.8) is 0 Å². The molecule has 1 heterocycles. The van der Waals surface area contributed by atoms with Gasteiger partial charge in [0.25, 0.3) is 0 Å². The Hall–Kier alpha value is -1.49. The van der Waals surface area contributed by atoms with Gasteiger partial charge in [-0.05, 0) is 24.6 Å². The minimum atomic E-state index is -0.536. The normalized spacial score (nSPS) is 21.1. The molecule has 1 aliphatic heterocycles. The van der Waals surface area contributed by atoms with Gasteiger partial charge >= 0.3 is 6.09 Å². The molecule has 0 saturated carbocycles.